The first-order valence-electron chi connectivity index (χ1n) is 8.62. The van der Waals surface area contributed by atoms with E-state index >= 15 is 0 Å². The molecule has 1 aromatic rings. The monoisotopic (exact) mass is 397 g/mol. The van der Waals surface area contributed by atoms with Crippen LogP contribution in [0.3, 0.4) is 0 Å². The summed E-state index contributed by atoms with van der Waals surface area (Å²) in [5.41, 5.74) is 0.348. The maximum Gasteiger partial charge on any atom is 0.251 e. The summed E-state index contributed by atoms with van der Waals surface area (Å²) in [6.07, 6.45) is 0.998. The largest absolute Gasteiger partial charge is 0.347 e. The van der Waals surface area contributed by atoms with Crippen LogP contribution in [0.2, 0.25) is 10.0 Å². The van der Waals surface area contributed by atoms with Crippen molar-refractivity contribution in [2.75, 3.05) is 6.54 Å². The zero-order valence-corrected chi connectivity index (χ0v) is 16.1. The molecule has 3 atom stereocenters. The van der Waals surface area contributed by atoms with Crippen LogP contribution in [-0.2, 0) is 9.59 Å². The van der Waals surface area contributed by atoms with Crippen molar-refractivity contribution < 1.29 is 14.4 Å². The van der Waals surface area contributed by atoms with Gasteiger partial charge in [-0.05, 0) is 37.0 Å². The highest BCUT2D eigenvalue weighted by Gasteiger charge is 2.46. The molecule has 1 aromatic carbocycles. The van der Waals surface area contributed by atoms with Gasteiger partial charge in [-0.25, -0.2) is 0 Å². The van der Waals surface area contributed by atoms with Crippen molar-refractivity contribution in [3.8, 4) is 0 Å². The first-order valence-corrected chi connectivity index (χ1v) is 9.38. The Morgan fingerprint density at radius 3 is 2.54 bits per heavy atom. The number of benzene rings is 1. The van der Waals surface area contributed by atoms with Gasteiger partial charge in [0.1, 0.15) is 12.1 Å². The molecule has 0 aliphatic carbocycles. The van der Waals surface area contributed by atoms with Crippen molar-refractivity contribution >= 4 is 40.9 Å². The molecule has 2 aliphatic heterocycles. The normalized spacial score (nSPS) is 25.3. The van der Waals surface area contributed by atoms with Crippen LogP contribution in [0.5, 0.6) is 0 Å². The Labute approximate surface area is 162 Å². The number of hydrogen-bond donors (Lipinski definition) is 2. The van der Waals surface area contributed by atoms with Crippen molar-refractivity contribution in [1.29, 1.82) is 0 Å². The fourth-order valence-electron chi connectivity index (χ4n) is 3.55. The fourth-order valence-corrected chi connectivity index (χ4v) is 4.07. The van der Waals surface area contributed by atoms with E-state index in [1.807, 2.05) is 13.8 Å². The van der Waals surface area contributed by atoms with Gasteiger partial charge in [-0.15, -0.1) is 0 Å². The number of fused-ring (bicyclic) bond motifs is 1. The molecule has 0 unspecified atom stereocenters. The standard InChI is InChI=1S/C18H21Cl2N3O3/c1-9(2)3-14-18(26)23-8-13(7-15(23)17(25)22-14)21-16(24)10-4-11(19)6-12(20)5-10/h4-6,9,13-15H,3,7-8H2,1-2H3,(H,21,24)(H,22,25)/t13-,14-,15-/m0/s1. The maximum atomic E-state index is 12.6. The highest BCUT2D eigenvalue weighted by Crippen LogP contribution is 2.25. The van der Waals surface area contributed by atoms with Gasteiger partial charge in [-0.1, -0.05) is 37.0 Å². The second kappa shape index (κ2) is 7.45. The van der Waals surface area contributed by atoms with Gasteiger partial charge in [0.05, 0.1) is 0 Å². The number of piperazine rings is 1. The Bertz CT molecular complexity index is 733. The van der Waals surface area contributed by atoms with Crippen LogP contribution in [0.4, 0.5) is 0 Å². The maximum absolute atomic E-state index is 12.6. The van der Waals surface area contributed by atoms with E-state index in [0.717, 1.165) is 0 Å². The number of rotatable bonds is 4. The minimum absolute atomic E-state index is 0.0779. The summed E-state index contributed by atoms with van der Waals surface area (Å²) in [6, 6.07) is 3.30. The Balaban J connectivity index is 1.68. The third-order valence-corrected chi connectivity index (χ3v) is 5.10. The topological polar surface area (TPSA) is 78.5 Å². The van der Waals surface area contributed by atoms with Gasteiger partial charge >= 0.3 is 0 Å². The van der Waals surface area contributed by atoms with Gasteiger partial charge in [-0.2, -0.15) is 0 Å². The number of halogens is 2. The average Bonchev–Trinajstić information content (AvgIpc) is 2.95. The molecule has 3 rings (SSSR count). The molecule has 0 spiro atoms. The Morgan fingerprint density at radius 1 is 1.27 bits per heavy atom. The molecule has 2 saturated heterocycles. The molecular formula is C18H21Cl2N3O3. The SMILES string of the molecule is CC(C)C[C@@H]1NC(=O)[C@@H]2C[C@H](NC(=O)c3cc(Cl)cc(Cl)c3)CN2C1=O. The van der Waals surface area contributed by atoms with Gasteiger partial charge in [0, 0.05) is 28.2 Å². The Hall–Kier alpha value is -1.79. The van der Waals surface area contributed by atoms with E-state index in [1.165, 1.54) is 12.1 Å². The molecular weight excluding hydrogens is 377 g/mol. The van der Waals surface area contributed by atoms with E-state index < -0.39 is 12.1 Å². The molecule has 6 nitrogen and oxygen atoms in total. The van der Waals surface area contributed by atoms with E-state index in [2.05, 4.69) is 10.6 Å². The van der Waals surface area contributed by atoms with E-state index in [9.17, 15) is 14.4 Å². The van der Waals surface area contributed by atoms with Gasteiger partial charge in [0.25, 0.3) is 5.91 Å². The van der Waals surface area contributed by atoms with Crippen LogP contribution in [0, 0.1) is 5.92 Å². The van der Waals surface area contributed by atoms with E-state index in [-0.39, 0.29) is 23.8 Å². The van der Waals surface area contributed by atoms with E-state index in [0.29, 0.717) is 40.9 Å². The lowest BCUT2D eigenvalue weighted by Gasteiger charge is -2.35. The first kappa shape index (κ1) is 19.0. The van der Waals surface area contributed by atoms with Gasteiger partial charge in [0.2, 0.25) is 11.8 Å². The fraction of sp³-hybridized carbons (Fsp3) is 0.500. The summed E-state index contributed by atoms with van der Waals surface area (Å²) >= 11 is 11.9. The van der Waals surface area contributed by atoms with E-state index in [4.69, 9.17) is 23.2 Å². The van der Waals surface area contributed by atoms with Crippen LogP contribution in [0.1, 0.15) is 37.0 Å². The molecule has 26 heavy (non-hydrogen) atoms. The molecule has 2 heterocycles. The number of hydrogen-bond acceptors (Lipinski definition) is 3. The van der Waals surface area contributed by atoms with Crippen LogP contribution in [0.25, 0.3) is 0 Å². The number of carbonyl (C=O) groups excluding carboxylic acids is 3. The minimum atomic E-state index is -0.529. The van der Waals surface area contributed by atoms with Crippen molar-refractivity contribution in [2.24, 2.45) is 5.92 Å². The minimum Gasteiger partial charge on any atom is -0.347 e. The molecule has 0 radical (unpaired) electrons. The number of nitrogens with one attached hydrogen (secondary N) is 2. The first-order chi connectivity index (χ1) is 12.2. The molecule has 2 aliphatic rings. The van der Waals surface area contributed by atoms with Crippen LogP contribution in [-0.4, -0.2) is 47.3 Å². The molecule has 8 heteroatoms. The Morgan fingerprint density at radius 2 is 1.92 bits per heavy atom. The predicted molar refractivity (Wildman–Crippen MR) is 99.2 cm³/mol. The molecule has 0 saturated carbocycles. The lowest BCUT2D eigenvalue weighted by Crippen LogP contribution is -2.61. The second-order valence-corrected chi connectivity index (χ2v) is 8.13. The van der Waals surface area contributed by atoms with Gasteiger partial charge in [0.15, 0.2) is 0 Å². The van der Waals surface area contributed by atoms with Crippen LogP contribution in [0.15, 0.2) is 18.2 Å². The van der Waals surface area contributed by atoms with Gasteiger partial charge in [-0.3, -0.25) is 14.4 Å². The Kier molecular flexibility index (Phi) is 5.44. The molecule has 0 bridgehead atoms. The van der Waals surface area contributed by atoms with Crippen LogP contribution >= 0.6 is 23.2 Å². The number of carbonyl (C=O) groups is 3. The summed E-state index contributed by atoms with van der Waals surface area (Å²) in [7, 11) is 0. The van der Waals surface area contributed by atoms with E-state index in [1.54, 1.807) is 11.0 Å². The summed E-state index contributed by atoms with van der Waals surface area (Å²) in [5.74, 6) is -0.263. The molecule has 3 amide bonds. The third-order valence-electron chi connectivity index (χ3n) is 4.67. The molecule has 140 valence electrons. The van der Waals surface area contributed by atoms with Crippen molar-refractivity contribution in [3.05, 3.63) is 33.8 Å². The van der Waals surface area contributed by atoms with Crippen LogP contribution < -0.4 is 10.6 Å². The molecule has 0 aromatic heterocycles. The predicted octanol–water partition coefficient (Wildman–Crippen LogP) is 2.24. The second-order valence-electron chi connectivity index (χ2n) is 7.26. The highest BCUT2D eigenvalue weighted by atomic mass is 35.5. The number of nitrogens with zero attached hydrogens (tertiary/aromatic N) is 1. The van der Waals surface area contributed by atoms with Crippen molar-refractivity contribution in [2.45, 2.75) is 44.8 Å². The summed E-state index contributed by atoms with van der Waals surface area (Å²) in [5, 5.41) is 6.43. The highest BCUT2D eigenvalue weighted by molar-refractivity contribution is 6.35. The number of amides is 3. The quantitative estimate of drug-likeness (QED) is 0.817. The third kappa shape index (κ3) is 3.96. The lowest BCUT2D eigenvalue weighted by atomic mass is 9.99. The summed E-state index contributed by atoms with van der Waals surface area (Å²) in [4.78, 5) is 39.0. The smallest absolute Gasteiger partial charge is 0.251 e. The lowest BCUT2D eigenvalue weighted by molar-refractivity contribution is -0.147. The van der Waals surface area contributed by atoms with Gasteiger partial charge < -0.3 is 15.5 Å². The van der Waals surface area contributed by atoms with Crippen molar-refractivity contribution in [3.63, 3.8) is 0 Å². The zero-order valence-electron chi connectivity index (χ0n) is 14.6. The summed E-state index contributed by atoms with van der Waals surface area (Å²) < 4.78 is 0. The average molecular weight is 398 g/mol. The molecule has 2 fully saturated rings. The summed E-state index contributed by atoms with van der Waals surface area (Å²) in [6.45, 7) is 4.34. The zero-order chi connectivity index (χ0) is 19.0. The molecule has 2 N–H and O–H groups in total. The van der Waals surface area contributed by atoms with Crippen molar-refractivity contribution in [1.82, 2.24) is 15.5 Å².